The van der Waals surface area contributed by atoms with Crippen LogP contribution in [0.2, 0.25) is 0 Å². The molecule has 2 aromatic carbocycles. The first-order valence-corrected chi connectivity index (χ1v) is 10.1. The molecule has 0 unspecified atom stereocenters. The monoisotopic (exact) mass is 419 g/mol. The fraction of sp³-hybridized carbons (Fsp3) is 0.261. The maximum Gasteiger partial charge on any atom is 0.414 e. The number of amides is 2. The SMILES string of the molecule is CN(C)CCNC(=O)c1ccc(C=Cc2n[nH]c3ccc(N4CCOC4=O)cc23)cc1. The van der Waals surface area contributed by atoms with Crippen LogP contribution in [0.4, 0.5) is 10.5 Å². The highest BCUT2D eigenvalue weighted by Gasteiger charge is 2.24. The quantitative estimate of drug-likeness (QED) is 0.614. The van der Waals surface area contributed by atoms with Crippen molar-refractivity contribution in [2.45, 2.75) is 0 Å². The van der Waals surface area contributed by atoms with Gasteiger partial charge in [-0.05, 0) is 56.1 Å². The van der Waals surface area contributed by atoms with Crippen molar-refractivity contribution >= 4 is 40.7 Å². The van der Waals surface area contributed by atoms with Crippen LogP contribution in [-0.2, 0) is 4.74 Å². The normalized spacial score (nSPS) is 14.0. The third-order valence-electron chi connectivity index (χ3n) is 5.10. The van der Waals surface area contributed by atoms with E-state index in [-0.39, 0.29) is 12.0 Å². The lowest BCUT2D eigenvalue weighted by Gasteiger charge is -2.12. The Morgan fingerprint density at radius 2 is 2.03 bits per heavy atom. The molecule has 160 valence electrons. The smallest absolute Gasteiger partial charge is 0.414 e. The van der Waals surface area contributed by atoms with E-state index < -0.39 is 0 Å². The Morgan fingerprint density at radius 1 is 1.23 bits per heavy atom. The number of nitrogens with one attached hydrogen (secondary N) is 2. The molecule has 0 bridgehead atoms. The van der Waals surface area contributed by atoms with Gasteiger partial charge in [0.15, 0.2) is 0 Å². The van der Waals surface area contributed by atoms with Crippen LogP contribution in [-0.4, -0.2) is 67.4 Å². The van der Waals surface area contributed by atoms with Crippen molar-refractivity contribution in [1.82, 2.24) is 20.4 Å². The summed E-state index contributed by atoms with van der Waals surface area (Å²) in [4.78, 5) is 27.7. The van der Waals surface area contributed by atoms with Crippen LogP contribution < -0.4 is 10.2 Å². The van der Waals surface area contributed by atoms with E-state index in [1.54, 1.807) is 4.90 Å². The second-order valence-corrected chi connectivity index (χ2v) is 7.62. The van der Waals surface area contributed by atoms with Crippen LogP contribution in [0.3, 0.4) is 0 Å². The average molecular weight is 419 g/mol. The Morgan fingerprint density at radius 3 is 2.74 bits per heavy atom. The number of ether oxygens (including phenoxy) is 1. The fourth-order valence-corrected chi connectivity index (χ4v) is 3.36. The molecule has 1 fully saturated rings. The molecule has 2 heterocycles. The molecule has 0 aliphatic carbocycles. The van der Waals surface area contributed by atoms with E-state index in [0.29, 0.717) is 25.3 Å². The van der Waals surface area contributed by atoms with Gasteiger partial charge in [0.05, 0.1) is 17.8 Å². The van der Waals surface area contributed by atoms with Crippen LogP contribution in [0, 0.1) is 0 Å². The number of fused-ring (bicyclic) bond motifs is 1. The highest BCUT2D eigenvalue weighted by molar-refractivity contribution is 5.96. The molecule has 0 radical (unpaired) electrons. The number of hydrogen-bond donors (Lipinski definition) is 2. The lowest BCUT2D eigenvalue weighted by Crippen LogP contribution is -2.31. The Labute approximate surface area is 180 Å². The van der Waals surface area contributed by atoms with Crippen LogP contribution in [0.1, 0.15) is 21.6 Å². The van der Waals surface area contributed by atoms with Crippen molar-refractivity contribution in [2.24, 2.45) is 0 Å². The number of carbonyl (C=O) groups is 2. The Hall–Kier alpha value is -3.65. The van der Waals surface area contributed by atoms with Gasteiger partial charge in [-0.3, -0.25) is 14.8 Å². The molecule has 31 heavy (non-hydrogen) atoms. The predicted molar refractivity (Wildman–Crippen MR) is 121 cm³/mol. The van der Waals surface area contributed by atoms with Crippen molar-refractivity contribution in [3.63, 3.8) is 0 Å². The predicted octanol–water partition coefficient (Wildman–Crippen LogP) is 2.98. The zero-order chi connectivity index (χ0) is 21.8. The largest absolute Gasteiger partial charge is 0.447 e. The number of cyclic esters (lactones) is 1. The van der Waals surface area contributed by atoms with E-state index in [1.165, 1.54) is 0 Å². The van der Waals surface area contributed by atoms with Gasteiger partial charge in [0.25, 0.3) is 5.91 Å². The molecule has 0 atom stereocenters. The van der Waals surface area contributed by atoms with E-state index in [2.05, 4.69) is 15.5 Å². The van der Waals surface area contributed by atoms with E-state index in [4.69, 9.17) is 4.74 Å². The van der Waals surface area contributed by atoms with Crippen molar-refractivity contribution in [3.05, 3.63) is 59.3 Å². The molecule has 3 aromatic rings. The molecule has 1 aliphatic rings. The van der Waals surface area contributed by atoms with Crippen LogP contribution in [0.25, 0.3) is 23.1 Å². The first kappa shape index (κ1) is 20.6. The second kappa shape index (κ2) is 9.01. The number of aromatic amines is 1. The summed E-state index contributed by atoms with van der Waals surface area (Å²) >= 11 is 0. The summed E-state index contributed by atoms with van der Waals surface area (Å²) in [5.74, 6) is -0.0800. The number of rotatable bonds is 7. The minimum atomic E-state index is -0.328. The topological polar surface area (TPSA) is 90.6 Å². The van der Waals surface area contributed by atoms with Crippen LogP contribution in [0.5, 0.6) is 0 Å². The van der Waals surface area contributed by atoms with Crippen molar-refractivity contribution in [1.29, 1.82) is 0 Å². The number of anilines is 1. The average Bonchev–Trinajstić information content (AvgIpc) is 3.37. The van der Waals surface area contributed by atoms with Gasteiger partial charge in [-0.2, -0.15) is 5.10 Å². The molecule has 2 N–H and O–H groups in total. The Balaban J connectivity index is 1.47. The van der Waals surface area contributed by atoms with Crippen molar-refractivity contribution in [3.8, 4) is 0 Å². The molecule has 2 amide bonds. The maximum absolute atomic E-state index is 12.2. The number of aromatic nitrogens is 2. The maximum atomic E-state index is 12.2. The van der Waals surface area contributed by atoms with Crippen LogP contribution >= 0.6 is 0 Å². The minimum absolute atomic E-state index is 0.0800. The third kappa shape index (κ3) is 4.75. The van der Waals surface area contributed by atoms with Gasteiger partial charge in [-0.1, -0.05) is 18.2 Å². The van der Waals surface area contributed by atoms with E-state index in [1.807, 2.05) is 73.6 Å². The summed E-state index contributed by atoms with van der Waals surface area (Å²) in [6, 6.07) is 13.1. The minimum Gasteiger partial charge on any atom is -0.447 e. The van der Waals surface area contributed by atoms with Gasteiger partial charge in [0.1, 0.15) is 6.61 Å². The fourth-order valence-electron chi connectivity index (χ4n) is 3.36. The van der Waals surface area contributed by atoms with Crippen molar-refractivity contribution in [2.75, 3.05) is 45.2 Å². The van der Waals surface area contributed by atoms with Gasteiger partial charge in [-0.15, -0.1) is 0 Å². The molecule has 1 saturated heterocycles. The number of carbonyl (C=O) groups excluding carboxylic acids is 2. The van der Waals surface area contributed by atoms with Gasteiger partial charge < -0.3 is 15.0 Å². The first-order chi connectivity index (χ1) is 15.0. The molecule has 0 spiro atoms. The Bertz CT molecular complexity index is 1120. The van der Waals surface area contributed by atoms with Gasteiger partial charge in [0.2, 0.25) is 0 Å². The second-order valence-electron chi connectivity index (χ2n) is 7.62. The highest BCUT2D eigenvalue weighted by Crippen LogP contribution is 2.26. The molecular weight excluding hydrogens is 394 g/mol. The molecule has 1 aromatic heterocycles. The summed E-state index contributed by atoms with van der Waals surface area (Å²) in [6.45, 7) is 2.35. The molecular formula is C23H25N5O3. The van der Waals surface area contributed by atoms with E-state index >= 15 is 0 Å². The third-order valence-corrected chi connectivity index (χ3v) is 5.10. The molecule has 1 aliphatic heterocycles. The van der Waals surface area contributed by atoms with Gasteiger partial charge in [0, 0.05) is 29.7 Å². The van der Waals surface area contributed by atoms with Crippen molar-refractivity contribution < 1.29 is 14.3 Å². The number of nitrogens with zero attached hydrogens (tertiary/aromatic N) is 3. The van der Waals surface area contributed by atoms with E-state index in [0.717, 1.165) is 34.4 Å². The zero-order valence-corrected chi connectivity index (χ0v) is 17.6. The number of benzene rings is 2. The van der Waals surface area contributed by atoms with E-state index in [9.17, 15) is 9.59 Å². The standard InChI is InChI=1S/C23H25N5O3/c1-27(2)12-11-24-22(29)17-6-3-16(4-7-17)5-9-20-19-15-18(8-10-21(19)26-25-20)28-13-14-31-23(28)30/h3-10,15H,11-14H2,1-2H3,(H,24,29)(H,25,26). The molecule has 0 saturated carbocycles. The number of hydrogen-bond acceptors (Lipinski definition) is 5. The molecule has 4 rings (SSSR count). The summed E-state index contributed by atoms with van der Waals surface area (Å²) in [6.07, 6.45) is 3.53. The highest BCUT2D eigenvalue weighted by atomic mass is 16.6. The van der Waals surface area contributed by atoms with Gasteiger partial charge in [-0.25, -0.2) is 4.79 Å². The van der Waals surface area contributed by atoms with Gasteiger partial charge >= 0.3 is 6.09 Å². The Kier molecular flexibility index (Phi) is 5.99. The summed E-state index contributed by atoms with van der Waals surface area (Å²) in [7, 11) is 3.94. The number of H-pyrrole nitrogens is 1. The zero-order valence-electron chi connectivity index (χ0n) is 17.6. The lowest BCUT2D eigenvalue weighted by molar-refractivity contribution is 0.0951. The molecule has 8 heteroatoms. The summed E-state index contributed by atoms with van der Waals surface area (Å²) < 4.78 is 5.03. The summed E-state index contributed by atoms with van der Waals surface area (Å²) in [5, 5.41) is 11.2. The lowest BCUT2D eigenvalue weighted by atomic mass is 10.1. The number of likely N-dealkylation sites (N-methyl/N-ethyl adjacent to an activating group) is 1. The first-order valence-electron chi connectivity index (χ1n) is 10.1. The molecule has 8 nitrogen and oxygen atoms in total. The van der Waals surface area contributed by atoms with Crippen LogP contribution in [0.15, 0.2) is 42.5 Å². The summed E-state index contributed by atoms with van der Waals surface area (Å²) in [5.41, 5.74) is 4.04.